The standard InChI is InChI=1S/C16H26N2O/c1-13(2)11-18(12-14(3)4)16(19)17-10-15-8-6-5-7-9-15/h5-9,13-14H,10-12H2,1-4H3,(H,17,19). The number of benzene rings is 1. The summed E-state index contributed by atoms with van der Waals surface area (Å²) in [7, 11) is 0. The fourth-order valence-electron chi connectivity index (χ4n) is 2.01. The molecule has 3 heteroatoms. The van der Waals surface area contributed by atoms with Gasteiger partial charge in [0.05, 0.1) is 0 Å². The van der Waals surface area contributed by atoms with Crippen LogP contribution in [-0.2, 0) is 6.54 Å². The van der Waals surface area contributed by atoms with Crippen molar-refractivity contribution in [1.29, 1.82) is 0 Å². The Bertz CT molecular complexity index is 364. The molecular formula is C16H26N2O. The summed E-state index contributed by atoms with van der Waals surface area (Å²) in [5.74, 6) is 0.974. The zero-order valence-corrected chi connectivity index (χ0v) is 12.5. The van der Waals surface area contributed by atoms with E-state index in [0.717, 1.165) is 18.7 Å². The van der Waals surface area contributed by atoms with Gasteiger partial charge in [0.15, 0.2) is 0 Å². The van der Waals surface area contributed by atoms with Gasteiger partial charge in [-0.15, -0.1) is 0 Å². The summed E-state index contributed by atoms with van der Waals surface area (Å²) in [4.78, 5) is 14.1. The molecule has 0 aliphatic rings. The van der Waals surface area contributed by atoms with E-state index in [-0.39, 0.29) is 6.03 Å². The maximum Gasteiger partial charge on any atom is 0.317 e. The number of hydrogen-bond acceptors (Lipinski definition) is 1. The minimum atomic E-state index is 0.0336. The number of rotatable bonds is 6. The first-order valence-corrected chi connectivity index (χ1v) is 7.05. The largest absolute Gasteiger partial charge is 0.334 e. The Morgan fingerprint density at radius 1 is 1.05 bits per heavy atom. The van der Waals surface area contributed by atoms with E-state index in [0.29, 0.717) is 18.4 Å². The smallest absolute Gasteiger partial charge is 0.317 e. The van der Waals surface area contributed by atoms with Gasteiger partial charge >= 0.3 is 6.03 Å². The Kier molecular flexibility index (Phi) is 6.40. The van der Waals surface area contributed by atoms with Gasteiger partial charge in [0.2, 0.25) is 0 Å². The van der Waals surface area contributed by atoms with E-state index in [2.05, 4.69) is 33.0 Å². The predicted octanol–water partition coefficient (Wildman–Crippen LogP) is 3.51. The van der Waals surface area contributed by atoms with E-state index in [1.807, 2.05) is 35.2 Å². The molecule has 0 heterocycles. The van der Waals surface area contributed by atoms with Crippen LogP contribution < -0.4 is 5.32 Å². The van der Waals surface area contributed by atoms with Crippen LogP contribution in [0.4, 0.5) is 4.79 Å². The van der Waals surface area contributed by atoms with Gasteiger partial charge in [0.25, 0.3) is 0 Å². The first kappa shape index (κ1) is 15.5. The third kappa shape index (κ3) is 6.27. The molecule has 1 N–H and O–H groups in total. The third-order valence-electron chi connectivity index (χ3n) is 2.74. The van der Waals surface area contributed by atoms with E-state index >= 15 is 0 Å². The fraction of sp³-hybridized carbons (Fsp3) is 0.562. The normalized spacial score (nSPS) is 10.8. The van der Waals surface area contributed by atoms with Crippen molar-refractivity contribution >= 4 is 6.03 Å². The zero-order chi connectivity index (χ0) is 14.3. The average molecular weight is 262 g/mol. The van der Waals surface area contributed by atoms with Crippen molar-refractivity contribution in [3.05, 3.63) is 35.9 Å². The van der Waals surface area contributed by atoms with Crippen LogP contribution in [0.1, 0.15) is 33.3 Å². The summed E-state index contributed by atoms with van der Waals surface area (Å²) in [6, 6.07) is 10.0. The SMILES string of the molecule is CC(C)CN(CC(C)C)C(=O)NCc1ccccc1. The van der Waals surface area contributed by atoms with Crippen molar-refractivity contribution in [1.82, 2.24) is 10.2 Å². The second-order valence-electron chi connectivity index (χ2n) is 5.84. The number of nitrogens with zero attached hydrogens (tertiary/aromatic N) is 1. The van der Waals surface area contributed by atoms with Crippen LogP contribution in [0.2, 0.25) is 0 Å². The lowest BCUT2D eigenvalue weighted by Crippen LogP contribution is -2.43. The van der Waals surface area contributed by atoms with Crippen molar-refractivity contribution in [2.75, 3.05) is 13.1 Å². The van der Waals surface area contributed by atoms with Gasteiger partial charge in [0.1, 0.15) is 0 Å². The van der Waals surface area contributed by atoms with Crippen LogP contribution in [-0.4, -0.2) is 24.0 Å². The van der Waals surface area contributed by atoms with Crippen LogP contribution in [0, 0.1) is 11.8 Å². The molecule has 1 aromatic carbocycles. The monoisotopic (exact) mass is 262 g/mol. The van der Waals surface area contributed by atoms with E-state index in [9.17, 15) is 4.79 Å². The van der Waals surface area contributed by atoms with Gasteiger partial charge in [-0.25, -0.2) is 4.79 Å². The Labute approximate surface area is 117 Å². The van der Waals surface area contributed by atoms with Crippen molar-refractivity contribution in [2.45, 2.75) is 34.2 Å². The van der Waals surface area contributed by atoms with E-state index in [1.165, 1.54) is 0 Å². The Morgan fingerprint density at radius 2 is 1.58 bits per heavy atom. The highest BCUT2D eigenvalue weighted by atomic mass is 16.2. The molecule has 0 saturated heterocycles. The molecule has 0 aliphatic carbocycles. The number of urea groups is 1. The highest BCUT2D eigenvalue weighted by molar-refractivity contribution is 5.74. The van der Waals surface area contributed by atoms with E-state index in [1.54, 1.807) is 0 Å². The predicted molar refractivity (Wildman–Crippen MR) is 79.9 cm³/mol. The summed E-state index contributed by atoms with van der Waals surface area (Å²) >= 11 is 0. The molecule has 106 valence electrons. The molecule has 0 aromatic heterocycles. The van der Waals surface area contributed by atoms with Gasteiger partial charge in [-0.05, 0) is 17.4 Å². The Morgan fingerprint density at radius 3 is 2.05 bits per heavy atom. The van der Waals surface area contributed by atoms with Crippen LogP contribution in [0.15, 0.2) is 30.3 Å². The molecule has 0 unspecified atom stereocenters. The summed E-state index contributed by atoms with van der Waals surface area (Å²) < 4.78 is 0. The van der Waals surface area contributed by atoms with E-state index < -0.39 is 0 Å². The number of nitrogens with one attached hydrogen (secondary N) is 1. The molecule has 3 nitrogen and oxygen atoms in total. The van der Waals surface area contributed by atoms with Crippen molar-refractivity contribution < 1.29 is 4.79 Å². The molecule has 0 fully saturated rings. The Balaban J connectivity index is 2.51. The first-order chi connectivity index (χ1) is 8.99. The van der Waals surface area contributed by atoms with Gasteiger partial charge in [-0.3, -0.25) is 0 Å². The maximum absolute atomic E-state index is 12.2. The number of hydrogen-bond donors (Lipinski definition) is 1. The average Bonchev–Trinajstić information content (AvgIpc) is 2.35. The van der Waals surface area contributed by atoms with E-state index in [4.69, 9.17) is 0 Å². The molecule has 0 radical (unpaired) electrons. The molecule has 1 aromatic rings. The minimum absolute atomic E-state index is 0.0336. The van der Waals surface area contributed by atoms with Crippen LogP contribution in [0.3, 0.4) is 0 Å². The molecule has 0 saturated carbocycles. The summed E-state index contributed by atoms with van der Waals surface area (Å²) in [5, 5.41) is 3.00. The highest BCUT2D eigenvalue weighted by Gasteiger charge is 2.15. The number of carbonyl (C=O) groups is 1. The van der Waals surface area contributed by atoms with Gasteiger partial charge in [-0.1, -0.05) is 58.0 Å². The molecule has 0 bridgehead atoms. The molecule has 2 amide bonds. The van der Waals surface area contributed by atoms with Gasteiger partial charge < -0.3 is 10.2 Å². The highest BCUT2D eigenvalue weighted by Crippen LogP contribution is 2.05. The van der Waals surface area contributed by atoms with Gasteiger partial charge in [0, 0.05) is 19.6 Å². The van der Waals surface area contributed by atoms with Crippen LogP contribution in [0.5, 0.6) is 0 Å². The molecular weight excluding hydrogens is 236 g/mol. The quantitative estimate of drug-likeness (QED) is 0.836. The molecule has 0 spiro atoms. The summed E-state index contributed by atoms with van der Waals surface area (Å²) in [6.07, 6.45) is 0. The van der Waals surface area contributed by atoms with Crippen molar-refractivity contribution in [3.63, 3.8) is 0 Å². The maximum atomic E-state index is 12.2. The second-order valence-corrected chi connectivity index (χ2v) is 5.84. The lowest BCUT2D eigenvalue weighted by atomic mass is 10.1. The lowest BCUT2D eigenvalue weighted by molar-refractivity contribution is 0.183. The minimum Gasteiger partial charge on any atom is -0.334 e. The number of amides is 2. The van der Waals surface area contributed by atoms with Crippen LogP contribution >= 0.6 is 0 Å². The zero-order valence-electron chi connectivity index (χ0n) is 12.5. The first-order valence-electron chi connectivity index (χ1n) is 7.05. The lowest BCUT2D eigenvalue weighted by Gasteiger charge is -2.26. The molecule has 0 atom stereocenters. The summed E-state index contributed by atoms with van der Waals surface area (Å²) in [5.41, 5.74) is 1.13. The Hall–Kier alpha value is -1.51. The third-order valence-corrected chi connectivity index (χ3v) is 2.74. The number of carbonyl (C=O) groups excluding carboxylic acids is 1. The van der Waals surface area contributed by atoms with Crippen LogP contribution in [0.25, 0.3) is 0 Å². The van der Waals surface area contributed by atoms with Crippen molar-refractivity contribution in [2.24, 2.45) is 11.8 Å². The van der Waals surface area contributed by atoms with Crippen molar-refractivity contribution in [3.8, 4) is 0 Å². The molecule has 1 rings (SSSR count). The molecule has 0 aliphatic heterocycles. The van der Waals surface area contributed by atoms with Gasteiger partial charge in [-0.2, -0.15) is 0 Å². The second kappa shape index (κ2) is 7.82. The topological polar surface area (TPSA) is 32.3 Å². The molecule has 19 heavy (non-hydrogen) atoms. The summed E-state index contributed by atoms with van der Waals surface area (Å²) in [6.45, 7) is 10.7. The fourth-order valence-corrected chi connectivity index (χ4v) is 2.01.